The Bertz CT molecular complexity index is 259. The van der Waals surface area contributed by atoms with Crippen LogP contribution in [0.4, 0.5) is 0 Å². The van der Waals surface area contributed by atoms with Gasteiger partial charge in [0, 0.05) is 32.2 Å². The van der Waals surface area contributed by atoms with E-state index in [1.165, 1.54) is 12.8 Å². The second kappa shape index (κ2) is 7.10. The van der Waals surface area contributed by atoms with Crippen molar-refractivity contribution in [3.63, 3.8) is 0 Å². The van der Waals surface area contributed by atoms with Gasteiger partial charge in [0.15, 0.2) is 0 Å². The Kier molecular flexibility index (Phi) is 5.45. The van der Waals surface area contributed by atoms with Gasteiger partial charge in [-0.2, -0.15) is 0 Å². The zero-order chi connectivity index (χ0) is 12.8. The fourth-order valence-corrected chi connectivity index (χ4v) is 2.88. The first-order chi connectivity index (χ1) is 8.79. The normalized spacial score (nSPS) is 28.3. The Morgan fingerprint density at radius 2 is 2.22 bits per heavy atom. The van der Waals surface area contributed by atoms with Crippen molar-refractivity contribution < 1.29 is 9.53 Å². The van der Waals surface area contributed by atoms with Crippen LogP contribution < -0.4 is 5.32 Å². The largest absolute Gasteiger partial charge is 0.376 e. The monoisotopic (exact) mass is 254 g/mol. The van der Waals surface area contributed by atoms with Gasteiger partial charge >= 0.3 is 0 Å². The second-order valence-corrected chi connectivity index (χ2v) is 5.42. The maximum absolute atomic E-state index is 12.3. The molecule has 0 spiro atoms. The van der Waals surface area contributed by atoms with Crippen molar-refractivity contribution in [3.05, 3.63) is 0 Å². The third kappa shape index (κ3) is 3.95. The molecule has 2 fully saturated rings. The molecule has 104 valence electrons. The summed E-state index contributed by atoms with van der Waals surface area (Å²) in [4.78, 5) is 14.2. The van der Waals surface area contributed by atoms with Crippen LogP contribution in [0.1, 0.15) is 45.4 Å². The predicted molar refractivity (Wildman–Crippen MR) is 71.5 cm³/mol. The standard InChI is InChI=1S/C14H26N2O2/c1-2-16(11-13-7-5-9-18-13)14(17)10-12-6-3-4-8-15-12/h12-13,15H,2-11H2,1H3. The van der Waals surface area contributed by atoms with Crippen LogP contribution in [0.2, 0.25) is 0 Å². The molecule has 2 unspecified atom stereocenters. The fraction of sp³-hybridized carbons (Fsp3) is 0.929. The number of rotatable bonds is 5. The molecule has 2 aliphatic heterocycles. The number of hydrogen-bond donors (Lipinski definition) is 1. The van der Waals surface area contributed by atoms with Gasteiger partial charge in [-0.3, -0.25) is 4.79 Å². The molecule has 1 amide bonds. The van der Waals surface area contributed by atoms with Gasteiger partial charge in [0.1, 0.15) is 0 Å². The molecule has 0 aromatic rings. The molecule has 0 bridgehead atoms. The number of piperidine rings is 1. The Balaban J connectivity index is 1.76. The molecule has 2 saturated heterocycles. The molecule has 0 aromatic carbocycles. The van der Waals surface area contributed by atoms with Crippen LogP contribution >= 0.6 is 0 Å². The van der Waals surface area contributed by atoms with Crippen molar-refractivity contribution in [1.29, 1.82) is 0 Å². The highest BCUT2D eigenvalue weighted by molar-refractivity contribution is 5.76. The topological polar surface area (TPSA) is 41.6 Å². The van der Waals surface area contributed by atoms with E-state index < -0.39 is 0 Å². The molecule has 2 heterocycles. The summed E-state index contributed by atoms with van der Waals surface area (Å²) in [6.07, 6.45) is 6.81. The Hall–Kier alpha value is -0.610. The highest BCUT2D eigenvalue weighted by Crippen LogP contribution is 2.15. The molecule has 0 aromatic heterocycles. The van der Waals surface area contributed by atoms with Crippen LogP contribution in [0.25, 0.3) is 0 Å². The summed E-state index contributed by atoms with van der Waals surface area (Å²) >= 11 is 0. The predicted octanol–water partition coefficient (Wildman–Crippen LogP) is 1.55. The minimum absolute atomic E-state index is 0.271. The molecule has 0 radical (unpaired) electrons. The van der Waals surface area contributed by atoms with Gasteiger partial charge in [-0.15, -0.1) is 0 Å². The average Bonchev–Trinajstić information content (AvgIpc) is 2.90. The number of nitrogens with one attached hydrogen (secondary N) is 1. The second-order valence-electron chi connectivity index (χ2n) is 5.42. The smallest absolute Gasteiger partial charge is 0.224 e. The van der Waals surface area contributed by atoms with E-state index in [0.717, 1.165) is 45.5 Å². The highest BCUT2D eigenvalue weighted by atomic mass is 16.5. The van der Waals surface area contributed by atoms with Crippen LogP contribution in [0.15, 0.2) is 0 Å². The van der Waals surface area contributed by atoms with Crippen molar-refractivity contribution in [2.24, 2.45) is 0 Å². The van der Waals surface area contributed by atoms with Crippen molar-refractivity contribution >= 4 is 5.91 Å². The summed E-state index contributed by atoms with van der Waals surface area (Å²) in [7, 11) is 0. The molecule has 1 N–H and O–H groups in total. The van der Waals surface area contributed by atoms with Gasteiger partial charge < -0.3 is 15.0 Å². The molecule has 0 saturated carbocycles. The molecule has 2 atom stereocenters. The van der Waals surface area contributed by atoms with Crippen molar-refractivity contribution in [1.82, 2.24) is 10.2 Å². The lowest BCUT2D eigenvalue weighted by atomic mass is 10.0. The first-order valence-corrected chi connectivity index (χ1v) is 7.42. The van der Waals surface area contributed by atoms with Crippen LogP contribution in [0.5, 0.6) is 0 Å². The van der Waals surface area contributed by atoms with E-state index in [1.54, 1.807) is 0 Å². The third-order valence-corrected chi connectivity index (χ3v) is 4.02. The highest BCUT2D eigenvalue weighted by Gasteiger charge is 2.24. The summed E-state index contributed by atoms with van der Waals surface area (Å²) in [5.74, 6) is 0.285. The molecular weight excluding hydrogens is 228 g/mol. The molecule has 4 nitrogen and oxygen atoms in total. The van der Waals surface area contributed by atoms with Crippen LogP contribution in [-0.4, -0.2) is 49.2 Å². The van der Waals surface area contributed by atoms with E-state index in [0.29, 0.717) is 12.5 Å². The average molecular weight is 254 g/mol. The minimum atomic E-state index is 0.271. The van der Waals surface area contributed by atoms with Crippen LogP contribution in [-0.2, 0) is 9.53 Å². The summed E-state index contributed by atoms with van der Waals surface area (Å²) < 4.78 is 5.62. The van der Waals surface area contributed by atoms with Crippen molar-refractivity contribution in [2.75, 3.05) is 26.2 Å². The molecule has 4 heteroatoms. The quantitative estimate of drug-likeness (QED) is 0.809. The maximum Gasteiger partial charge on any atom is 0.224 e. The Morgan fingerprint density at radius 3 is 2.83 bits per heavy atom. The number of nitrogens with zero attached hydrogens (tertiary/aromatic N) is 1. The van der Waals surface area contributed by atoms with Gasteiger partial charge in [-0.25, -0.2) is 0 Å². The van der Waals surface area contributed by atoms with Crippen LogP contribution in [0.3, 0.4) is 0 Å². The van der Waals surface area contributed by atoms with E-state index in [2.05, 4.69) is 12.2 Å². The van der Waals surface area contributed by atoms with E-state index in [-0.39, 0.29) is 12.0 Å². The van der Waals surface area contributed by atoms with E-state index >= 15 is 0 Å². The minimum Gasteiger partial charge on any atom is -0.376 e. The van der Waals surface area contributed by atoms with Crippen molar-refractivity contribution in [3.8, 4) is 0 Å². The van der Waals surface area contributed by atoms with E-state index in [1.807, 2.05) is 4.90 Å². The van der Waals surface area contributed by atoms with E-state index in [4.69, 9.17) is 4.74 Å². The lowest BCUT2D eigenvalue weighted by Crippen LogP contribution is -2.42. The molecule has 2 rings (SSSR count). The van der Waals surface area contributed by atoms with Crippen LogP contribution in [0, 0.1) is 0 Å². The number of hydrogen-bond acceptors (Lipinski definition) is 3. The number of carbonyl (C=O) groups excluding carboxylic acids is 1. The first-order valence-electron chi connectivity index (χ1n) is 7.42. The lowest BCUT2D eigenvalue weighted by molar-refractivity contribution is -0.133. The van der Waals surface area contributed by atoms with E-state index in [9.17, 15) is 4.79 Å². The van der Waals surface area contributed by atoms with Gasteiger partial charge in [-0.05, 0) is 39.2 Å². The maximum atomic E-state index is 12.3. The zero-order valence-corrected chi connectivity index (χ0v) is 11.5. The zero-order valence-electron chi connectivity index (χ0n) is 11.5. The van der Waals surface area contributed by atoms with Gasteiger partial charge in [-0.1, -0.05) is 6.42 Å². The van der Waals surface area contributed by atoms with Crippen molar-refractivity contribution in [2.45, 2.75) is 57.6 Å². The third-order valence-electron chi connectivity index (χ3n) is 4.02. The van der Waals surface area contributed by atoms with Gasteiger partial charge in [0.25, 0.3) is 0 Å². The molecule has 18 heavy (non-hydrogen) atoms. The molecule has 0 aliphatic carbocycles. The number of likely N-dealkylation sites (N-methyl/N-ethyl adjacent to an activating group) is 1. The van der Waals surface area contributed by atoms with Gasteiger partial charge in [0.05, 0.1) is 6.10 Å². The lowest BCUT2D eigenvalue weighted by Gasteiger charge is -2.28. The Morgan fingerprint density at radius 1 is 1.33 bits per heavy atom. The summed E-state index contributed by atoms with van der Waals surface area (Å²) in [5, 5.41) is 3.44. The summed E-state index contributed by atoms with van der Waals surface area (Å²) in [5.41, 5.74) is 0. The summed E-state index contributed by atoms with van der Waals surface area (Å²) in [6, 6.07) is 0.393. The molecule has 2 aliphatic rings. The number of ether oxygens (including phenoxy) is 1. The first kappa shape index (κ1) is 13.8. The Labute approximate surface area is 110 Å². The van der Waals surface area contributed by atoms with Gasteiger partial charge in [0.2, 0.25) is 5.91 Å². The fourth-order valence-electron chi connectivity index (χ4n) is 2.88. The SMILES string of the molecule is CCN(CC1CCCO1)C(=O)CC1CCCCN1. The number of carbonyl (C=O) groups is 1. The summed E-state index contributed by atoms with van der Waals surface area (Å²) in [6.45, 7) is 5.56. The number of amides is 1. The molecular formula is C14H26N2O2.